The van der Waals surface area contributed by atoms with Crippen molar-refractivity contribution in [3.8, 4) is 0 Å². The number of carboxylic acids is 1. The van der Waals surface area contributed by atoms with Crippen LogP contribution in [-0.4, -0.2) is 17.2 Å². The molecule has 0 radical (unpaired) electrons. The van der Waals surface area contributed by atoms with Gasteiger partial charge in [-0.05, 0) is 12.8 Å². The third-order valence-electron chi connectivity index (χ3n) is 4.08. The van der Waals surface area contributed by atoms with Gasteiger partial charge in [0.25, 0.3) is 0 Å². The molecule has 0 amide bonds. The fourth-order valence-electron chi connectivity index (χ4n) is 2.64. The van der Waals surface area contributed by atoms with Crippen molar-refractivity contribution in [2.45, 2.75) is 109 Å². The van der Waals surface area contributed by atoms with Crippen LogP contribution >= 0.6 is 0 Å². The van der Waals surface area contributed by atoms with Gasteiger partial charge in [-0.15, -0.1) is 0 Å². The van der Waals surface area contributed by atoms with Crippen LogP contribution in [0.4, 0.5) is 4.39 Å². The summed E-state index contributed by atoms with van der Waals surface area (Å²) in [5.41, 5.74) is 0. The van der Waals surface area contributed by atoms with Gasteiger partial charge in [-0.2, -0.15) is 0 Å². The number of aliphatic carboxylic acids is 1. The van der Waals surface area contributed by atoms with Gasteiger partial charge < -0.3 is 5.11 Å². The third kappa shape index (κ3) is 15.6. The third-order valence-corrected chi connectivity index (χ3v) is 4.08. The molecule has 3 heteroatoms. The summed E-state index contributed by atoms with van der Waals surface area (Å²) in [6.07, 6.45) is 16.1. The molecule has 126 valence electrons. The van der Waals surface area contributed by atoms with E-state index in [4.69, 9.17) is 5.11 Å². The number of unbranched alkanes of at least 4 members (excludes halogenated alkanes) is 13. The van der Waals surface area contributed by atoms with Gasteiger partial charge in [0.05, 0.1) is 0 Å². The van der Waals surface area contributed by atoms with Crippen molar-refractivity contribution in [3.63, 3.8) is 0 Å². The highest BCUT2D eigenvalue weighted by molar-refractivity contribution is 5.71. The van der Waals surface area contributed by atoms with Crippen molar-refractivity contribution >= 4 is 5.97 Å². The summed E-state index contributed by atoms with van der Waals surface area (Å²) in [6.45, 7) is 2.25. The molecule has 0 saturated heterocycles. The van der Waals surface area contributed by atoms with E-state index in [0.717, 1.165) is 12.8 Å². The van der Waals surface area contributed by atoms with Crippen molar-refractivity contribution in [2.75, 3.05) is 0 Å². The second kappa shape index (κ2) is 15.8. The zero-order valence-electron chi connectivity index (χ0n) is 13.9. The van der Waals surface area contributed by atoms with Gasteiger partial charge in [0, 0.05) is 0 Å². The Kier molecular flexibility index (Phi) is 15.3. The van der Waals surface area contributed by atoms with E-state index in [-0.39, 0.29) is 6.42 Å². The van der Waals surface area contributed by atoms with Gasteiger partial charge in [-0.1, -0.05) is 90.4 Å². The van der Waals surface area contributed by atoms with Crippen LogP contribution in [0, 0.1) is 0 Å². The molecule has 0 bridgehead atoms. The maximum atomic E-state index is 12.8. The SMILES string of the molecule is CCCCCCCCCCCCCCCCC(F)C(=O)O. The lowest BCUT2D eigenvalue weighted by Crippen LogP contribution is -2.13. The van der Waals surface area contributed by atoms with Crippen LogP contribution in [0.1, 0.15) is 103 Å². The van der Waals surface area contributed by atoms with Crippen LogP contribution in [-0.2, 0) is 4.79 Å². The Morgan fingerprint density at radius 1 is 0.762 bits per heavy atom. The highest BCUT2D eigenvalue weighted by Crippen LogP contribution is 2.14. The minimum Gasteiger partial charge on any atom is -0.479 e. The molecule has 2 nitrogen and oxygen atoms in total. The molecule has 0 saturated carbocycles. The first kappa shape index (κ1) is 20.4. The van der Waals surface area contributed by atoms with Gasteiger partial charge >= 0.3 is 5.97 Å². The molecule has 0 aromatic heterocycles. The minimum atomic E-state index is -1.66. The largest absolute Gasteiger partial charge is 0.479 e. The number of hydrogen-bond donors (Lipinski definition) is 1. The molecule has 0 spiro atoms. The van der Waals surface area contributed by atoms with Crippen LogP contribution in [0.2, 0.25) is 0 Å². The Balaban J connectivity index is 3.04. The molecule has 0 aromatic carbocycles. The number of alkyl halides is 1. The summed E-state index contributed by atoms with van der Waals surface area (Å²) in [4.78, 5) is 10.3. The Morgan fingerprint density at radius 2 is 1.10 bits per heavy atom. The number of halogens is 1. The average Bonchev–Trinajstić information content (AvgIpc) is 2.47. The number of carboxylic acid groups (broad SMARTS) is 1. The topological polar surface area (TPSA) is 37.3 Å². The normalized spacial score (nSPS) is 12.5. The van der Waals surface area contributed by atoms with Gasteiger partial charge in [0.1, 0.15) is 0 Å². The van der Waals surface area contributed by atoms with Crippen LogP contribution in [0.3, 0.4) is 0 Å². The van der Waals surface area contributed by atoms with E-state index in [2.05, 4.69) is 6.92 Å². The zero-order valence-corrected chi connectivity index (χ0v) is 13.9. The molecule has 0 aliphatic carbocycles. The van der Waals surface area contributed by atoms with E-state index in [0.29, 0.717) is 6.42 Å². The molecule has 1 atom stereocenters. The van der Waals surface area contributed by atoms with E-state index >= 15 is 0 Å². The van der Waals surface area contributed by atoms with Crippen LogP contribution < -0.4 is 0 Å². The van der Waals surface area contributed by atoms with Crippen LogP contribution in [0.15, 0.2) is 0 Å². The molecule has 0 aromatic rings. The van der Waals surface area contributed by atoms with Crippen molar-refractivity contribution < 1.29 is 14.3 Å². The van der Waals surface area contributed by atoms with Crippen LogP contribution in [0.25, 0.3) is 0 Å². The molecule has 21 heavy (non-hydrogen) atoms. The molecule has 1 unspecified atom stereocenters. The van der Waals surface area contributed by atoms with Crippen molar-refractivity contribution in [2.24, 2.45) is 0 Å². The summed E-state index contributed by atoms with van der Waals surface area (Å²) < 4.78 is 12.8. The predicted molar refractivity (Wildman–Crippen MR) is 87.5 cm³/mol. The first-order valence-electron chi connectivity index (χ1n) is 9.05. The van der Waals surface area contributed by atoms with Gasteiger partial charge in [-0.3, -0.25) is 0 Å². The van der Waals surface area contributed by atoms with E-state index < -0.39 is 12.1 Å². The summed E-state index contributed by atoms with van der Waals surface area (Å²) in [7, 11) is 0. The Bertz CT molecular complexity index is 231. The van der Waals surface area contributed by atoms with Crippen molar-refractivity contribution in [1.29, 1.82) is 0 Å². The lowest BCUT2D eigenvalue weighted by Gasteiger charge is -2.04. The number of rotatable bonds is 16. The van der Waals surface area contributed by atoms with Crippen LogP contribution in [0.5, 0.6) is 0 Å². The summed E-state index contributed by atoms with van der Waals surface area (Å²) in [6, 6.07) is 0. The first-order chi connectivity index (χ1) is 10.2. The lowest BCUT2D eigenvalue weighted by molar-refractivity contribution is -0.143. The first-order valence-corrected chi connectivity index (χ1v) is 9.05. The van der Waals surface area contributed by atoms with E-state index in [1.807, 2.05) is 0 Å². The Hall–Kier alpha value is -0.600. The van der Waals surface area contributed by atoms with Gasteiger partial charge in [-0.25, -0.2) is 9.18 Å². The average molecular weight is 302 g/mol. The molecule has 0 aliphatic rings. The number of carbonyl (C=O) groups is 1. The number of hydrogen-bond acceptors (Lipinski definition) is 1. The summed E-state index contributed by atoms with van der Waals surface area (Å²) in [5, 5.41) is 8.41. The quantitative estimate of drug-likeness (QED) is 0.341. The lowest BCUT2D eigenvalue weighted by atomic mass is 10.0. The standard InChI is InChI=1S/C18H35FO2/c1-2-3-4-5-6-7-8-9-10-11-12-13-14-15-16-17(19)18(20)21/h17H,2-16H2,1H3,(H,20,21). The Morgan fingerprint density at radius 3 is 1.43 bits per heavy atom. The van der Waals surface area contributed by atoms with E-state index in [1.165, 1.54) is 70.6 Å². The fraction of sp³-hybridized carbons (Fsp3) is 0.944. The molecular formula is C18H35FO2. The zero-order chi connectivity index (χ0) is 15.8. The van der Waals surface area contributed by atoms with Crippen molar-refractivity contribution in [1.82, 2.24) is 0 Å². The highest BCUT2D eigenvalue weighted by atomic mass is 19.1. The smallest absolute Gasteiger partial charge is 0.338 e. The second-order valence-electron chi connectivity index (χ2n) is 6.19. The summed E-state index contributed by atoms with van der Waals surface area (Å²) >= 11 is 0. The van der Waals surface area contributed by atoms with E-state index in [9.17, 15) is 9.18 Å². The monoisotopic (exact) mass is 302 g/mol. The van der Waals surface area contributed by atoms with Gasteiger partial charge in [0.15, 0.2) is 6.17 Å². The summed E-state index contributed by atoms with van der Waals surface area (Å²) in [5.74, 6) is -1.32. The van der Waals surface area contributed by atoms with Crippen molar-refractivity contribution in [3.05, 3.63) is 0 Å². The predicted octanol–water partition coefficient (Wildman–Crippen LogP) is 6.28. The highest BCUT2D eigenvalue weighted by Gasteiger charge is 2.13. The van der Waals surface area contributed by atoms with E-state index in [1.54, 1.807) is 0 Å². The molecule has 0 heterocycles. The molecule has 0 rings (SSSR count). The fourth-order valence-corrected chi connectivity index (χ4v) is 2.64. The molecule has 0 fully saturated rings. The molecule has 1 N–H and O–H groups in total. The molecule has 0 aliphatic heterocycles. The van der Waals surface area contributed by atoms with Gasteiger partial charge in [0.2, 0.25) is 0 Å². The second-order valence-corrected chi connectivity index (χ2v) is 6.19. The Labute approximate surface area is 130 Å². The maximum absolute atomic E-state index is 12.8. The maximum Gasteiger partial charge on any atom is 0.338 e. The molecular weight excluding hydrogens is 267 g/mol. The minimum absolute atomic E-state index is 0.174.